The van der Waals surface area contributed by atoms with Gasteiger partial charge >= 0.3 is 6.09 Å². The first-order valence-corrected chi connectivity index (χ1v) is 6.29. The molecule has 98 valence electrons. The lowest BCUT2D eigenvalue weighted by molar-refractivity contribution is 0.124. The van der Waals surface area contributed by atoms with Gasteiger partial charge in [0.05, 0.1) is 6.54 Å². The monoisotopic (exact) mass is 248 g/mol. The Morgan fingerprint density at radius 1 is 1.39 bits per heavy atom. The van der Waals surface area contributed by atoms with Crippen molar-refractivity contribution in [1.82, 2.24) is 9.80 Å². The Kier molecular flexibility index (Phi) is 4.20. The van der Waals surface area contributed by atoms with E-state index in [1.807, 2.05) is 6.07 Å². The lowest BCUT2D eigenvalue weighted by Gasteiger charge is -2.18. The van der Waals surface area contributed by atoms with Gasteiger partial charge in [0.1, 0.15) is 6.10 Å². The van der Waals surface area contributed by atoms with Gasteiger partial charge in [0, 0.05) is 20.1 Å². The lowest BCUT2D eigenvalue weighted by Crippen LogP contribution is -2.25. The van der Waals surface area contributed by atoms with Crippen molar-refractivity contribution in [3.63, 3.8) is 0 Å². The molecule has 0 aromatic heterocycles. The Morgan fingerprint density at radius 2 is 2.11 bits per heavy atom. The molecule has 1 atom stereocenters. The maximum absolute atomic E-state index is 11.2. The van der Waals surface area contributed by atoms with Crippen LogP contribution in [-0.4, -0.2) is 49.2 Å². The Labute approximate surface area is 108 Å². The van der Waals surface area contributed by atoms with Gasteiger partial charge in [-0.1, -0.05) is 30.3 Å². The molecule has 0 aliphatic carbocycles. The number of carbonyl (C=O) groups excluding carboxylic acids is 1. The van der Waals surface area contributed by atoms with Gasteiger partial charge < -0.3 is 14.5 Å². The van der Waals surface area contributed by atoms with E-state index in [0.29, 0.717) is 6.54 Å². The number of carbonyl (C=O) groups is 1. The van der Waals surface area contributed by atoms with Crippen LogP contribution in [0.3, 0.4) is 0 Å². The van der Waals surface area contributed by atoms with Gasteiger partial charge in [-0.25, -0.2) is 4.79 Å². The van der Waals surface area contributed by atoms with Crippen LogP contribution in [0.15, 0.2) is 30.3 Å². The van der Waals surface area contributed by atoms with E-state index in [1.165, 1.54) is 5.56 Å². The van der Waals surface area contributed by atoms with Crippen molar-refractivity contribution < 1.29 is 9.53 Å². The van der Waals surface area contributed by atoms with Crippen molar-refractivity contribution in [3.05, 3.63) is 35.9 Å². The highest BCUT2D eigenvalue weighted by atomic mass is 16.6. The Morgan fingerprint density at radius 3 is 2.72 bits per heavy atom. The molecule has 18 heavy (non-hydrogen) atoms. The van der Waals surface area contributed by atoms with Crippen LogP contribution in [0.5, 0.6) is 0 Å². The molecular formula is C14H20N2O2. The summed E-state index contributed by atoms with van der Waals surface area (Å²) in [5.41, 5.74) is 1.31. The largest absolute Gasteiger partial charge is 0.444 e. The predicted octanol–water partition coefficient (Wildman–Crippen LogP) is 1.96. The summed E-state index contributed by atoms with van der Waals surface area (Å²) in [5.74, 6) is 0. The molecule has 0 radical (unpaired) electrons. The van der Waals surface area contributed by atoms with E-state index in [2.05, 4.69) is 36.2 Å². The van der Waals surface area contributed by atoms with Gasteiger partial charge in [0.15, 0.2) is 0 Å². The standard InChI is InChI=1S/C14H20N2O2/c1-15(10-12-6-4-3-5-7-12)9-8-13-11-16(2)14(17)18-13/h3-7,13H,8-11H2,1-2H3/t13-/m1/s1. The summed E-state index contributed by atoms with van der Waals surface area (Å²) < 4.78 is 5.23. The molecule has 1 fully saturated rings. The van der Waals surface area contributed by atoms with Crippen molar-refractivity contribution in [2.75, 3.05) is 27.2 Å². The second kappa shape index (κ2) is 5.87. The van der Waals surface area contributed by atoms with Gasteiger partial charge in [-0.2, -0.15) is 0 Å². The number of ether oxygens (including phenoxy) is 1. The van der Waals surface area contributed by atoms with E-state index in [0.717, 1.165) is 19.5 Å². The average molecular weight is 248 g/mol. The van der Waals surface area contributed by atoms with Crippen molar-refractivity contribution >= 4 is 6.09 Å². The normalized spacial score (nSPS) is 19.4. The smallest absolute Gasteiger partial charge is 0.409 e. The quantitative estimate of drug-likeness (QED) is 0.798. The Hall–Kier alpha value is -1.55. The van der Waals surface area contributed by atoms with Crippen LogP contribution in [0.2, 0.25) is 0 Å². The van der Waals surface area contributed by atoms with Crippen LogP contribution in [0.25, 0.3) is 0 Å². The van der Waals surface area contributed by atoms with E-state index in [4.69, 9.17) is 4.74 Å². The Balaban J connectivity index is 1.72. The minimum Gasteiger partial charge on any atom is -0.444 e. The van der Waals surface area contributed by atoms with Crippen molar-refractivity contribution in [2.45, 2.75) is 19.1 Å². The number of amides is 1. The van der Waals surface area contributed by atoms with E-state index in [-0.39, 0.29) is 12.2 Å². The van der Waals surface area contributed by atoms with E-state index >= 15 is 0 Å². The molecule has 2 rings (SSSR count). The predicted molar refractivity (Wildman–Crippen MR) is 70.3 cm³/mol. The highest BCUT2D eigenvalue weighted by Crippen LogP contribution is 2.13. The van der Waals surface area contributed by atoms with Crippen molar-refractivity contribution in [1.29, 1.82) is 0 Å². The first-order chi connectivity index (χ1) is 8.65. The van der Waals surface area contributed by atoms with Crippen molar-refractivity contribution in [3.8, 4) is 0 Å². The number of rotatable bonds is 5. The van der Waals surface area contributed by atoms with Gasteiger partial charge in [-0.15, -0.1) is 0 Å². The molecule has 4 nitrogen and oxygen atoms in total. The molecule has 4 heteroatoms. The first kappa shape index (κ1) is 12.9. The molecule has 1 saturated heterocycles. The summed E-state index contributed by atoms with van der Waals surface area (Å²) in [6, 6.07) is 10.4. The highest BCUT2D eigenvalue weighted by molar-refractivity contribution is 5.69. The third kappa shape index (κ3) is 3.47. The third-order valence-electron chi connectivity index (χ3n) is 3.18. The lowest BCUT2D eigenvalue weighted by atomic mass is 10.2. The summed E-state index contributed by atoms with van der Waals surface area (Å²) in [7, 11) is 3.86. The molecule has 1 aromatic rings. The zero-order valence-corrected chi connectivity index (χ0v) is 11.0. The minimum atomic E-state index is -0.203. The zero-order valence-electron chi connectivity index (χ0n) is 11.0. The summed E-state index contributed by atoms with van der Waals surface area (Å²) >= 11 is 0. The molecule has 0 saturated carbocycles. The first-order valence-electron chi connectivity index (χ1n) is 6.29. The summed E-state index contributed by atoms with van der Waals surface area (Å²) in [5, 5.41) is 0. The van der Waals surface area contributed by atoms with Crippen LogP contribution >= 0.6 is 0 Å². The highest BCUT2D eigenvalue weighted by Gasteiger charge is 2.27. The molecule has 0 N–H and O–H groups in total. The maximum atomic E-state index is 11.2. The topological polar surface area (TPSA) is 32.8 Å². The fourth-order valence-corrected chi connectivity index (χ4v) is 2.14. The number of likely N-dealkylation sites (N-methyl/N-ethyl adjacent to an activating group) is 1. The Bertz CT molecular complexity index is 394. The number of cyclic esters (lactones) is 1. The minimum absolute atomic E-state index is 0.0423. The zero-order chi connectivity index (χ0) is 13.0. The van der Waals surface area contributed by atoms with Crippen LogP contribution in [0, 0.1) is 0 Å². The molecule has 0 unspecified atom stereocenters. The second-order valence-electron chi connectivity index (χ2n) is 4.90. The van der Waals surface area contributed by atoms with Gasteiger partial charge in [-0.3, -0.25) is 0 Å². The fraction of sp³-hybridized carbons (Fsp3) is 0.500. The van der Waals surface area contributed by atoms with Crippen LogP contribution < -0.4 is 0 Å². The molecule has 1 aromatic carbocycles. The molecular weight excluding hydrogens is 228 g/mol. The summed E-state index contributed by atoms with van der Waals surface area (Å²) in [4.78, 5) is 15.1. The average Bonchev–Trinajstić information content (AvgIpc) is 2.68. The fourth-order valence-electron chi connectivity index (χ4n) is 2.14. The summed E-state index contributed by atoms with van der Waals surface area (Å²) in [6.45, 7) is 2.57. The SMILES string of the molecule is CN(CC[C@@H]1CN(C)C(=O)O1)Cc1ccccc1. The van der Waals surface area contributed by atoms with E-state index in [1.54, 1.807) is 11.9 Å². The molecule has 1 heterocycles. The van der Waals surface area contributed by atoms with Crippen LogP contribution in [-0.2, 0) is 11.3 Å². The van der Waals surface area contributed by atoms with E-state index in [9.17, 15) is 4.79 Å². The van der Waals surface area contributed by atoms with Crippen molar-refractivity contribution in [2.24, 2.45) is 0 Å². The molecule has 1 amide bonds. The third-order valence-corrected chi connectivity index (χ3v) is 3.18. The summed E-state index contributed by atoms with van der Waals surface area (Å²) in [6.07, 6.45) is 0.728. The van der Waals surface area contributed by atoms with E-state index < -0.39 is 0 Å². The molecule has 0 bridgehead atoms. The molecule has 0 spiro atoms. The number of nitrogens with zero attached hydrogens (tertiary/aromatic N) is 2. The molecule has 1 aliphatic heterocycles. The van der Waals surface area contributed by atoms with Crippen LogP contribution in [0.4, 0.5) is 4.79 Å². The number of hydrogen-bond acceptors (Lipinski definition) is 3. The molecule has 1 aliphatic rings. The van der Waals surface area contributed by atoms with Gasteiger partial charge in [0.2, 0.25) is 0 Å². The van der Waals surface area contributed by atoms with Crippen LogP contribution in [0.1, 0.15) is 12.0 Å². The maximum Gasteiger partial charge on any atom is 0.409 e. The number of hydrogen-bond donors (Lipinski definition) is 0. The number of benzene rings is 1. The second-order valence-corrected chi connectivity index (χ2v) is 4.90. The van der Waals surface area contributed by atoms with Gasteiger partial charge in [-0.05, 0) is 19.0 Å². The van der Waals surface area contributed by atoms with Gasteiger partial charge in [0.25, 0.3) is 0 Å².